The molecule has 14 heavy (non-hydrogen) atoms. The molecule has 0 spiro atoms. The van der Waals surface area contributed by atoms with Crippen LogP contribution in [0, 0.1) is 11.5 Å². The van der Waals surface area contributed by atoms with Gasteiger partial charge in [-0.05, 0) is 24.6 Å². The van der Waals surface area contributed by atoms with Crippen LogP contribution in [-0.2, 0) is 4.43 Å². The minimum atomic E-state index is -1.16. The van der Waals surface area contributed by atoms with Crippen molar-refractivity contribution in [3.63, 3.8) is 0 Å². The van der Waals surface area contributed by atoms with Crippen LogP contribution < -0.4 is 0 Å². The van der Waals surface area contributed by atoms with E-state index in [4.69, 9.17) is 4.43 Å². The van der Waals surface area contributed by atoms with Gasteiger partial charge < -0.3 is 4.43 Å². The van der Waals surface area contributed by atoms with Crippen molar-refractivity contribution < 1.29 is 4.43 Å². The summed E-state index contributed by atoms with van der Waals surface area (Å²) in [6.07, 6.45) is 2.52. The Balaban J connectivity index is 1.99. The van der Waals surface area contributed by atoms with Crippen LogP contribution in [0.15, 0.2) is 30.3 Å². The van der Waals surface area contributed by atoms with Crippen LogP contribution in [0.5, 0.6) is 0 Å². The summed E-state index contributed by atoms with van der Waals surface area (Å²) in [5, 5.41) is 0. The van der Waals surface area contributed by atoms with Gasteiger partial charge in [-0.1, -0.05) is 36.1 Å². The highest BCUT2D eigenvalue weighted by molar-refractivity contribution is 6.61. The molecular weight excluding hydrogens is 188 g/mol. The molecule has 1 aromatic carbocycles. The van der Waals surface area contributed by atoms with Gasteiger partial charge >= 0.3 is 0 Å². The lowest BCUT2D eigenvalue weighted by atomic mass is 10.2. The third-order valence-corrected chi connectivity index (χ3v) is 4.37. The van der Waals surface area contributed by atoms with E-state index in [1.807, 2.05) is 30.3 Å². The van der Waals surface area contributed by atoms with Crippen LogP contribution in [0.2, 0.25) is 6.04 Å². The van der Waals surface area contributed by atoms with Gasteiger partial charge in [-0.25, -0.2) is 0 Å². The Kier molecular flexibility index (Phi) is 3.39. The monoisotopic (exact) mass is 202 g/mol. The van der Waals surface area contributed by atoms with E-state index in [-0.39, 0.29) is 0 Å². The molecular formula is C12H14OSi. The quantitative estimate of drug-likeness (QED) is 0.462. The van der Waals surface area contributed by atoms with Gasteiger partial charge in [0.2, 0.25) is 0 Å². The zero-order chi connectivity index (χ0) is 9.64. The van der Waals surface area contributed by atoms with Crippen molar-refractivity contribution in [2.75, 3.05) is 6.61 Å². The third kappa shape index (κ3) is 2.73. The third-order valence-electron chi connectivity index (χ3n) is 2.33. The Bertz CT molecular complexity index is 330. The van der Waals surface area contributed by atoms with Gasteiger partial charge in [-0.2, -0.15) is 0 Å². The molecule has 1 aromatic rings. The Hall–Kier alpha value is -1.04. The Labute approximate surface area is 86.8 Å². The second-order valence-corrected chi connectivity index (χ2v) is 5.67. The van der Waals surface area contributed by atoms with E-state index in [0.29, 0.717) is 0 Å². The van der Waals surface area contributed by atoms with Gasteiger partial charge in [-0.3, -0.25) is 0 Å². The van der Waals surface area contributed by atoms with Crippen LogP contribution in [0.3, 0.4) is 0 Å². The van der Waals surface area contributed by atoms with E-state index >= 15 is 0 Å². The minimum Gasteiger partial charge on any atom is -0.408 e. The maximum atomic E-state index is 5.66. The largest absolute Gasteiger partial charge is 0.408 e. The van der Waals surface area contributed by atoms with Crippen molar-refractivity contribution >= 4 is 9.04 Å². The molecule has 2 rings (SSSR count). The van der Waals surface area contributed by atoms with E-state index in [1.54, 1.807) is 0 Å². The summed E-state index contributed by atoms with van der Waals surface area (Å²) in [4.78, 5) is 0. The topological polar surface area (TPSA) is 9.23 Å². The predicted octanol–water partition coefficient (Wildman–Crippen LogP) is 2.11. The molecule has 0 radical (unpaired) electrons. The lowest BCUT2D eigenvalue weighted by Gasteiger charge is -2.15. The molecule has 1 aliphatic rings. The summed E-state index contributed by atoms with van der Waals surface area (Å²) in [5.41, 5.74) is 4.41. The van der Waals surface area contributed by atoms with Crippen molar-refractivity contribution in [2.45, 2.75) is 18.9 Å². The standard InChI is InChI=1S/C12H14OSi/c1-2-6-12(7-3-1)8-11-14-10-5-4-9-13-14/h1-3,6-7,14H,4-5,9-10H2. The van der Waals surface area contributed by atoms with E-state index in [1.165, 1.54) is 18.9 Å². The number of rotatable bonds is 0. The van der Waals surface area contributed by atoms with Gasteiger partial charge in [0.05, 0.1) is 0 Å². The lowest BCUT2D eigenvalue weighted by molar-refractivity contribution is 0.295. The van der Waals surface area contributed by atoms with E-state index in [2.05, 4.69) is 11.5 Å². The molecule has 0 aliphatic carbocycles. The average molecular weight is 202 g/mol. The number of benzene rings is 1. The minimum absolute atomic E-state index is 0.931. The summed E-state index contributed by atoms with van der Waals surface area (Å²) in [6, 6.07) is 11.4. The first-order valence-electron chi connectivity index (χ1n) is 5.13. The number of hydrogen-bond acceptors (Lipinski definition) is 1. The fourth-order valence-corrected chi connectivity index (χ4v) is 3.37. The molecule has 1 nitrogen and oxygen atoms in total. The van der Waals surface area contributed by atoms with Gasteiger partial charge in [0.15, 0.2) is 0 Å². The van der Waals surface area contributed by atoms with Crippen molar-refractivity contribution in [3.05, 3.63) is 35.9 Å². The maximum absolute atomic E-state index is 5.66. The van der Waals surface area contributed by atoms with Crippen LogP contribution in [0.1, 0.15) is 18.4 Å². The van der Waals surface area contributed by atoms with E-state index < -0.39 is 9.04 Å². The summed E-state index contributed by atoms with van der Waals surface area (Å²) in [6.45, 7) is 0.931. The molecule has 2 heteroatoms. The van der Waals surface area contributed by atoms with Crippen LogP contribution in [0.4, 0.5) is 0 Å². The highest BCUT2D eigenvalue weighted by atomic mass is 28.3. The van der Waals surface area contributed by atoms with Crippen LogP contribution >= 0.6 is 0 Å². The molecule has 1 aliphatic heterocycles. The molecule has 0 N–H and O–H groups in total. The second kappa shape index (κ2) is 4.99. The second-order valence-electron chi connectivity index (χ2n) is 3.49. The average Bonchev–Trinajstić information content (AvgIpc) is 2.29. The molecule has 0 amide bonds. The lowest BCUT2D eigenvalue weighted by Crippen LogP contribution is -2.21. The summed E-state index contributed by atoms with van der Waals surface area (Å²) >= 11 is 0. The highest BCUT2D eigenvalue weighted by Gasteiger charge is 2.12. The first-order valence-corrected chi connectivity index (χ1v) is 7.00. The van der Waals surface area contributed by atoms with E-state index in [9.17, 15) is 0 Å². The van der Waals surface area contributed by atoms with Gasteiger partial charge in [0.1, 0.15) is 0 Å². The zero-order valence-corrected chi connectivity index (χ0v) is 9.36. The normalized spacial score (nSPS) is 21.0. The molecule has 1 fully saturated rings. The summed E-state index contributed by atoms with van der Waals surface area (Å²) < 4.78 is 5.66. The van der Waals surface area contributed by atoms with Gasteiger partial charge in [0.25, 0.3) is 9.04 Å². The molecule has 1 atom stereocenters. The smallest absolute Gasteiger partial charge is 0.256 e. The van der Waals surface area contributed by atoms with Crippen molar-refractivity contribution in [1.82, 2.24) is 0 Å². The maximum Gasteiger partial charge on any atom is 0.256 e. The first-order chi connectivity index (χ1) is 6.95. The Morgan fingerprint density at radius 3 is 2.71 bits per heavy atom. The molecule has 1 heterocycles. The molecule has 1 unspecified atom stereocenters. The molecule has 0 saturated carbocycles. The fourth-order valence-electron chi connectivity index (χ4n) is 1.54. The van der Waals surface area contributed by atoms with Gasteiger partial charge in [-0.15, -0.1) is 0 Å². The molecule has 72 valence electrons. The molecule has 0 bridgehead atoms. The van der Waals surface area contributed by atoms with Crippen molar-refractivity contribution in [3.8, 4) is 11.5 Å². The Morgan fingerprint density at radius 1 is 1.14 bits per heavy atom. The van der Waals surface area contributed by atoms with Crippen molar-refractivity contribution in [1.29, 1.82) is 0 Å². The Morgan fingerprint density at radius 2 is 2.00 bits per heavy atom. The molecule has 0 aromatic heterocycles. The van der Waals surface area contributed by atoms with Gasteiger partial charge in [0, 0.05) is 12.2 Å². The summed E-state index contributed by atoms with van der Waals surface area (Å²) in [5.74, 6) is 3.20. The zero-order valence-electron chi connectivity index (χ0n) is 8.20. The number of hydrogen-bond donors (Lipinski definition) is 0. The SMILES string of the molecule is C(#C[SiH]1CCCCO1)c1ccccc1. The van der Waals surface area contributed by atoms with Crippen LogP contribution in [-0.4, -0.2) is 15.6 Å². The summed E-state index contributed by atoms with van der Waals surface area (Å²) in [7, 11) is -1.16. The van der Waals surface area contributed by atoms with Crippen molar-refractivity contribution in [2.24, 2.45) is 0 Å². The van der Waals surface area contributed by atoms with Crippen LogP contribution in [0.25, 0.3) is 0 Å². The highest BCUT2D eigenvalue weighted by Crippen LogP contribution is 2.09. The van der Waals surface area contributed by atoms with E-state index in [0.717, 1.165) is 12.2 Å². The molecule has 1 saturated heterocycles. The fraction of sp³-hybridized carbons (Fsp3) is 0.333. The first kappa shape index (κ1) is 9.51. The predicted molar refractivity (Wildman–Crippen MR) is 60.5 cm³/mol.